The second-order valence-corrected chi connectivity index (χ2v) is 4.49. The van der Waals surface area contributed by atoms with Crippen LogP contribution in [0.2, 0.25) is 0 Å². The van der Waals surface area contributed by atoms with Gasteiger partial charge in [0.05, 0.1) is 18.2 Å². The van der Waals surface area contributed by atoms with Crippen molar-refractivity contribution in [3.63, 3.8) is 0 Å². The molecule has 0 aliphatic carbocycles. The maximum Gasteiger partial charge on any atom is 0.163 e. The minimum atomic E-state index is -0.155. The third-order valence-corrected chi connectivity index (χ3v) is 3.04. The number of carbonyl (C=O) groups is 1. The van der Waals surface area contributed by atoms with Gasteiger partial charge in [-0.1, -0.05) is 30.3 Å². The minimum absolute atomic E-state index is 0.155. The van der Waals surface area contributed by atoms with Gasteiger partial charge < -0.3 is 9.47 Å². The molecule has 0 bridgehead atoms. The maximum atomic E-state index is 11.6. The van der Waals surface area contributed by atoms with Gasteiger partial charge in [0.15, 0.2) is 5.78 Å². The number of carbonyl (C=O) groups excluding carboxylic acids is 1. The van der Waals surface area contributed by atoms with Crippen LogP contribution >= 0.6 is 0 Å². The van der Waals surface area contributed by atoms with Gasteiger partial charge in [-0.15, -0.1) is 0 Å². The van der Waals surface area contributed by atoms with E-state index in [4.69, 9.17) is 9.47 Å². The molecule has 0 atom stereocenters. The molecule has 106 valence electrons. The van der Waals surface area contributed by atoms with E-state index in [1.54, 1.807) is 6.07 Å². The number of nitrogens with zero attached hydrogens (tertiary/aromatic N) is 1. The van der Waals surface area contributed by atoms with Crippen molar-refractivity contribution in [3.05, 3.63) is 59.2 Å². The molecule has 0 aliphatic heterocycles. The standard InChI is InChI=1S/C17H15NO3/c1-12(19)15-8-14(10-18)16(9-17(15)20-2)21-11-13-6-4-3-5-7-13/h3-9H,11H2,1-2H3. The van der Waals surface area contributed by atoms with Crippen LogP contribution in [0.5, 0.6) is 11.5 Å². The van der Waals surface area contributed by atoms with Crippen LogP contribution in [0.1, 0.15) is 28.4 Å². The molecule has 21 heavy (non-hydrogen) atoms. The zero-order valence-electron chi connectivity index (χ0n) is 11.9. The van der Waals surface area contributed by atoms with Crippen molar-refractivity contribution in [2.24, 2.45) is 0 Å². The van der Waals surface area contributed by atoms with Crippen molar-refractivity contribution in [3.8, 4) is 17.6 Å². The number of rotatable bonds is 5. The molecule has 2 aromatic rings. The summed E-state index contributed by atoms with van der Waals surface area (Å²) < 4.78 is 10.9. The van der Waals surface area contributed by atoms with Crippen LogP contribution in [-0.4, -0.2) is 12.9 Å². The van der Waals surface area contributed by atoms with E-state index in [9.17, 15) is 10.1 Å². The highest BCUT2D eigenvalue weighted by atomic mass is 16.5. The van der Waals surface area contributed by atoms with Gasteiger partial charge >= 0.3 is 0 Å². The zero-order chi connectivity index (χ0) is 15.2. The van der Waals surface area contributed by atoms with Gasteiger partial charge in [-0.2, -0.15) is 5.26 Å². The van der Waals surface area contributed by atoms with Crippen molar-refractivity contribution >= 4 is 5.78 Å². The summed E-state index contributed by atoms with van der Waals surface area (Å²) in [5.41, 5.74) is 1.69. The Morgan fingerprint density at radius 3 is 2.48 bits per heavy atom. The Morgan fingerprint density at radius 1 is 1.19 bits per heavy atom. The predicted octanol–water partition coefficient (Wildman–Crippen LogP) is 3.35. The van der Waals surface area contributed by atoms with Crippen molar-refractivity contribution in [2.45, 2.75) is 13.5 Å². The monoisotopic (exact) mass is 281 g/mol. The Morgan fingerprint density at radius 2 is 1.90 bits per heavy atom. The predicted molar refractivity (Wildman–Crippen MR) is 78.5 cm³/mol. The van der Waals surface area contributed by atoms with E-state index < -0.39 is 0 Å². The van der Waals surface area contributed by atoms with E-state index in [-0.39, 0.29) is 5.78 Å². The fourth-order valence-corrected chi connectivity index (χ4v) is 1.95. The Labute approximate surface area is 123 Å². The smallest absolute Gasteiger partial charge is 0.163 e. The van der Waals surface area contributed by atoms with Crippen LogP contribution in [0.3, 0.4) is 0 Å². The van der Waals surface area contributed by atoms with E-state index in [0.29, 0.717) is 29.2 Å². The minimum Gasteiger partial charge on any atom is -0.496 e. The van der Waals surface area contributed by atoms with Crippen molar-refractivity contribution < 1.29 is 14.3 Å². The Hall–Kier alpha value is -2.80. The largest absolute Gasteiger partial charge is 0.496 e. The van der Waals surface area contributed by atoms with Crippen molar-refractivity contribution in [1.29, 1.82) is 5.26 Å². The summed E-state index contributed by atoms with van der Waals surface area (Å²) in [5.74, 6) is 0.658. The number of benzene rings is 2. The molecular formula is C17H15NO3. The van der Waals surface area contributed by atoms with Crippen molar-refractivity contribution in [2.75, 3.05) is 7.11 Å². The van der Waals surface area contributed by atoms with Crippen LogP contribution in [-0.2, 0) is 6.61 Å². The molecule has 0 spiro atoms. The summed E-state index contributed by atoms with van der Waals surface area (Å²) in [7, 11) is 1.48. The normalized spacial score (nSPS) is 9.76. The van der Waals surface area contributed by atoms with Crippen LogP contribution in [0.4, 0.5) is 0 Å². The lowest BCUT2D eigenvalue weighted by atomic mass is 10.1. The number of hydrogen-bond acceptors (Lipinski definition) is 4. The summed E-state index contributed by atoms with van der Waals surface area (Å²) in [6.45, 7) is 1.78. The second kappa shape index (κ2) is 6.58. The van der Waals surface area contributed by atoms with E-state index in [0.717, 1.165) is 5.56 Å². The first kappa shape index (κ1) is 14.6. The molecular weight excluding hydrogens is 266 g/mol. The number of ether oxygens (including phenoxy) is 2. The maximum absolute atomic E-state index is 11.6. The summed E-state index contributed by atoms with van der Waals surface area (Å²) >= 11 is 0. The van der Waals surface area contributed by atoms with Gasteiger partial charge in [-0.05, 0) is 18.6 Å². The highest BCUT2D eigenvalue weighted by molar-refractivity contribution is 5.97. The quantitative estimate of drug-likeness (QED) is 0.788. The molecule has 2 rings (SSSR count). The fraction of sp³-hybridized carbons (Fsp3) is 0.176. The summed E-state index contributed by atoms with van der Waals surface area (Å²) in [4.78, 5) is 11.6. The SMILES string of the molecule is COc1cc(OCc2ccccc2)c(C#N)cc1C(C)=O. The molecule has 0 heterocycles. The van der Waals surface area contributed by atoms with E-state index >= 15 is 0 Å². The molecule has 0 radical (unpaired) electrons. The Bertz CT molecular complexity index is 687. The highest BCUT2D eigenvalue weighted by Crippen LogP contribution is 2.29. The van der Waals surface area contributed by atoms with Crippen LogP contribution in [0, 0.1) is 11.3 Å². The Balaban J connectivity index is 2.30. The lowest BCUT2D eigenvalue weighted by molar-refractivity contribution is 0.101. The van der Waals surface area contributed by atoms with Gasteiger partial charge in [-0.25, -0.2) is 0 Å². The molecule has 0 amide bonds. The van der Waals surface area contributed by atoms with Gasteiger partial charge in [0.1, 0.15) is 24.2 Å². The summed E-state index contributed by atoms with van der Waals surface area (Å²) in [5, 5.41) is 9.20. The second-order valence-electron chi connectivity index (χ2n) is 4.49. The molecule has 0 unspecified atom stereocenters. The summed E-state index contributed by atoms with van der Waals surface area (Å²) in [6.07, 6.45) is 0. The average Bonchev–Trinajstić information content (AvgIpc) is 2.52. The average molecular weight is 281 g/mol. The fourth-order valence-electron chi connectivity index (χ4n) is 1.95. The molecule has 0 fully saturated rings. The first-order chi connectivity index (χ1) is 10.2. The molecule has 0 saturated carbocycles. The molecule has 2 aromatic carbocycles. The van der Waals surface area contributed by atoms with Gasteiger partial charge in [0, 0.05) is 6.07 Å². The van der Waals surface area contributed by atoms with E-state index in [1.165, 1.54) is 20.1 Å². The van der Waals surface area contributed by atoms with E-state index in [2.05, 4.69) is 0 Å². The van der Waals surface area contributed by atoms with Gasteiger partial charge in [0.2, 0.25) is 0 Å². The van der Waals surface area contributed by atoms with Crippen molar-refractivity contribution in [1.82, 2.24) is 0 Å². The topological polar surface area (TPSA) is 59.3 Å². The first-order valence-corrected chi connectivity index (χ1v) is 6.45. The first-order valence-electron chi connectivity index (χ1n) is 6.45. The van der Waals surface area contributed by atoms with Gasteiger partial charge in [-0.3, -0.25) is 4.79 Å². The molecule has 4 heteroatoms. The lowest BCUT2D eigenvalue weighted by Crippen LogP contribution is -2.02. The molecule has 0 aliphatic rings. The van der Waals surface area contributed by atoms with Crippen LogP contribution in [0.25, 0.3) is 0 Å². The highest BCUT2D eigenvalue weighted by Gasteiger charge is 2.14. The third-order valence-electron chi connectivity index (χ3n) is 3.04. The van der Waals surface area contributed by atoms with Crippen LogP contribution < -0.4 is 9.47 Å². The van der Waals surface area contributed by atoms with Gasteiger partial charge in [0.25, 0.3) is 0 Å². The number of methoxy groups -OCH3 is 1. The number of nitriles is 1. The Kier molecular flexibility index (Phi) is 4.57. The third kappa shape index (κ3) is 3.40. The lowest BCUT2D eigenvalue weighted by Gasteiger charge is -2.12. The number of hydrogen-bond donors (Lipinski definition) is 0. The number of ketones is 1. The van der Waals surface area contributed by atoms with Crippen LogP contribution in [0.15, 0.2) is 42.5 Å². The molecule has 0 saturated heterocycles. The van der Waals surface area contributed by atoms with E-state index in [1.807, 2.05) is 36.4 Å². The summed E-state index contributed by atoms with van der Waals surface area (Å²) in [6, 6.07) is 14.8. The zero-order valence-corrected chi connectivity index (χ0v) is 11.9. The number of Topliss-reactive ketones (excluding diaryl/α,β-unsaturated/α-hetero) is 1. The molecule has 4 nitrogen and oxygen atoms in total. The molecule has 0 N–H and O–H groups in total. The molecule has 0 aromatic heterocycles.